The van der Waals surface area contributed by atoms with E-state index in [-0.39, 0.29) is 0 Å². The van der Waals surface area contributed by atoms with E-state index in [2.05, 4.69) is 64.8 Å². The summed E-state index contributed by atoms with van der Waals surface area (Å²) in [5.74, 6) is 1.97. The van der Waals surface area contributed by atoms with E-state index in [4.69, 9.17) is 0 Å². The van der Waals surface area contributed by atoms with Crippen LogP contribution in [0.1, 0.15) is 31.3 Å². The number of likely N-dealkylation sites (tertiary alicyclic amines) is 1. The van der Waals surface area contributed by atoms with Gasteiger partial charge in [0.05, 0.1) is 0 Å². The summed E-state index contributed by atoms with van der Waals surface area (Å²) in [4.78, 5) is 6.96. The second kappa shape index (κ2) is 5.80. The summed E-state index contributed by atoms with van der Waals surface area (Å²) in [6.45, 7) is 7.97. The smallest absolute Gasteiger partial charge is 0.108 e. The quantitative estimate of drug-likeness (QED) is 0.831. The maximum atomic E-state index is 4.40. The fraction of sp³-hybridized carbons (Fsp3) is 0.471. The molecule has 0 aliphatic carbocycles. The third-order valence-corrected chi connectivity index (χ3v) is 4.39. The van der Waals surface area contributed by atoms with Crippen molar-refractivity contribution in [3.63, 3.8) is 0 Å². The molecule has 106 valence electrons. The van der Waals surface area contributed by atoms with Crippen LogP contribution >= 0.6 is 0 Å². The lowest BCUT2D eigenvalue weighted by Gasteiger charge is -2.43. The lowest BCUT2D eigenvalue weighted by molar-refractivity contribution is 0.0494. The first-order chi connectivity index (χ1) is 9.78. The molecule has 2 aromatic rings. The van der Waals surface area contributed by atoms with Gasteiger partial charge in [0, 0.05) is 50.4 Å². The minimum absolute atomic E-state index is 0.529. The van der Waals surface area contributed by atoms with Gasteiger partial charge in [-0.25, -0.2) is 4.98 Å². The van der Waals surface area contributed by atoms with Crippen LogP contribution in [0.5, 0.6) is 0 Å². The second-order valence-corrected chi connectivity index (χ2v) is 5.76. The fourth-order valence-electron chi connectivity index (χ4n) is 3.08. The maximum Gasteiger partial charge on any atom is 0.108 e. The molecule has 0 spiro atoms. The lowest BCUT2D eigenvalue weighted by Crippen LogP contribution is -2.49. The highest BCUT2D eigenvalue weighted by atomic mass is 15.2. The third-order valence-electron chi connectivity index (χ3n) is 4.39. The molecule has 1 aliphatic rings. The van der Waals surface area contributed by atoms with E-state index in [1.807, 2.05) is 6.20 Å². The Balaban J connectivity index is 1.54. The summed E-state index contributed by atoms with van der Waals surface area (Å²) in [5.41, 5.74) is 1.42. The molecule has 0 N–H and O–H groups in total. The molecule has 20 heavy (non-hydrogen) atoms. The summed E-state index contributed by atoms with van der Waals surface area (Å²) in [6, 6.07) is 11.3. The molecule has 0 bridgehead atoms. The summed E-state index contributed by atoms with van der Waals surface area (Å²) >= 11 is 0. The summed E-state index contributed by atoms with van der Waals surface area (Å²) in [5, 5.41) is 0. The number of rotatable bonds is 5. The zero-order chi connectivity index (χ0) is 13.9. The van der Waals surface area contributed by atoms with Crippen molar-refractivity contribution in [2.24, 2.45) is 5.92 Å². The van der Waals surface area contributed by atoms with Crippen LogP contribution in [0.2, 0.25) is 0 Å². The molecular formula is C17H23N3. The molecule has 2 heterocycles. The molecule has 1 atom stereocenters. The van der Waals surface area contributed by atoms with Crippen molar-refractivity contribution in [3.05, 3.63) is 54.1 Å². The van der Waals surface area contributed by atoms with Gasteiger partial charge < -0.3 is 4.57 Å². The molecule has 0 radical (unpaired) electrons. The molecule has 3 nitrogen and oxygen atoms in total. The Morgan fingerprint density at radius 2 is 2.00 bits per heavy atom. The fourth-order valence-corrected chi connectivity index (χ4v) is 3.08. The highest BCUT2D eigenvalue weighted by molar-refractivity contribution is 5.19. The van der Waals surface area contributed by atoms with E-state index >= 15 is 0 Å². The normalized spacial score (nSPS) is 17.9. The Morgan fingerprint density at radius 1 is 1.25 bits per heavy atom. The first-order valence-corrected chi connectivity index (χ1v) is 7.57. The zero-order valence-corrected chi connectivity index (χ0v) is 12.4. The van der Waals surface area contributed by atoms with Gasteiger partial charge in [-0.15, -0.1) is 0 Å². The van der Waals surface area contributed by atoms with Crippen molar-refractivity contribution in [2.75, 3.05) is 13.1 Å². The number of benzene rings is 1. The van der Waals surface area contributed by atoms with Crippen LogP contribution < -0.4 is 0 Å². The van der Waals surface area contributed by atoms with Gasteiger partial charge in [-0.3, -0.25) is 4.90 Å². The van der Waals surface area contributed by atoms with Gasteiger partial charge in [-0.05, 0) is 12.5 Å². The first-order valence-electron chi connectivity index (χ1n) is 7.57. The molecule has 1 aromatic carbocycles. The van der Waals surface area contributed by atoms with Gasteiger partial charge in [0.1, 0.15) is 5.82 Å². The number of nitrogens with zero attached hydrogens (tertiary/aromatic N) is 3. The minimum atomic E-state index is 0.529. The highest BCUT2D eigenvalue weighted by Gasteiger charge is 2.31. The number of hydrogen-bond donors (Lipinski definition) is 0. The van der Waals surface area contributed by atoms with Crippen LogP contribution in [0, 0.1) is 5.92 Å². The minimum Gasteiger partial charge on any atom is -0.335 e. The van der Waals surface area contributed by atoms with Crippen molar-refractivity contribution >= 4 is 0 Å². The average Bonchev–Trinajstić information content (AvgIpc) is 2.90. The van der Waals surface area contributed by atoms with Gasteiger partial charge in [0.15, 0.2) is 0 Å². The Hall–Kier alpha value is -1.61. The van der Waals surface area contributed by atoms with E-state index in [0.717, 1.165) is 18.9 Å². The molecule has 1 aromatic heterocycles. The molecule has 1 fully saturated rings. The van der Waals surface area contributed by atoms with Crippen LogP contribution in [0.3, 0.4) is 0 Å². The molecule has 3 rings (SSSR count). The Kier molecular flexibility index (Phi) is 3.88. The molecule has 1 aliphatic heterocycles. The average molecular weight is 269 g/mol. The number of hydrogen-bond acceptors (Lipinski definition) is 2. The zero-order valence-electron chi connectivity index (χ0n) is 12.4. The molecule has 0 saturated carbocycles. The monoisotopic (exact) mass is 269 g/mol. The van der Waals surface area contributed by atoms with Crippen molar-refractivity contribution in [2.45, 2.75) is 32.9 Å². The standard InChI is InChI=1S/C17H23N3/c1-3-17-18-9-10-19(17)11-15-12-20(13-15)14(2)16-7-5-4-6-8-16/h4-10,14-15H,3,11-13H2,1-2H3. The SMILES string of the molecule is CCc1nccn1CC1CN(C(C)c2ccccc2)C1. The molecule has 0 amide bonds. The molecule has 1 unspecified atom stereocenters. The van der Waals surface area contributed by atoms with Gasteiger partial charge in [0.2, 0.25) is 0 Å². The molecule has 1 saturated heterocycles. The summed E-state index contributed by atoms with van der Waals surface area (Å²) in [7, 11) is 0. The van der Waals surface area contributed by atoms with E-state index in [1.165, 1.54) is 24.5 Å². The van der Waals surface area contributed by atoms with E-state index in [0.29, 0.717) is 6.04 Å². The predicted molar refractivity (Wildman–Crippen MR) is 81.5 cm³/mol. The second-order valence-electron chi connectivity index (χ2n) is 5.76. The summed E-state index contributed by atoms with van der Waals surface area (Å²) in [6.07, 6.45) is 5.05. The van der Waals surface area contributed by atoms with Crippen LogP contribution in [-0.4, -0.2) is 27.5 Å². The van der Waals surface area contributed by atoms with Gasteiger partial charge in [-0.2, -0.15) is 0 Å². The van der Waals surface area contributed by atoms with Crippen molar-refractivity contribution in [1.82, 2.24) is 14.5 Å². The molecular weight excluding hydrogens is 246 g/mol. The number of aromatic nitrogens is 2. The topological polar surface area (TPSA) is 21.1 Å². The van der Waals surface area contributed by atoms with Crippen molar-refractivity contribution in [1.29, 1.82) is 0 Å². The van der Waals surface area contributed by atoms with E-state index in [1.54, 1.807) is 0 Å². The van der Waals surface area contributed by atoms with Crippen molar-refractivity contribution < 1.29 is 0 Å². The highest BCUT2D eigenvalue weighted by Crippen LogP contribution is 2.29. The van der Waals surface area contributed by atoms with E-state index in [9.17, 15) is 0 Å². The predicted octanol–water partition coefficient (Wildman–Crippen LogP) is 3.14. The van der Waals surface area contributed by atoms with Crippen molar-refractivity contribution in [3.8, 4) is 0 Å². The van der Waals surface area contributed by atoms with E-state index < -0.39 is 0 Å². The number of imidazole rings is 1. The Bertz CT molecular complexity index is 540. The van der Waals surface area contributed by atoms with Gasteiger partial charge in [-0.1, -0.05) is 37.3 Å². The Labute approximate surface area is 121 Å². The van der Waals surface area contributed by atoms with Gasteiger partial charge in [0.25, 0.3) is 0 Å². The lowest BCUT2D eigenvalue weighted by atomic mass is 9.95. The number of aryl methyl sites for hydroxylation is 1. The Morgan fingerprint density at radius 3 is 2.70 bits per heavy atom. The maximum absolute atomic E-state index is 4.40. The first kappa shape index (κ1) is 13.4. The van der Waals surface area contributed by atoms with Crippen LogP contribution in [0.25, 0.3) is 0 Å². The third kappa shape index (κ3) is 2.63. The van der Waals surface area contributed by atoms with Crippen LogP contribution in [-0.2, 0) is 13.0 Å². The largest absolute Gasteiger partial charge is 0.335 e. The van der Waals surface area contributed by atoms with Crippen LogP contribution in [0.4, 0.5) is 0 Å². The summed E-state index contributed by atoms with van der Waals surface area (Å²) < 4.78 is 2.31. The van der Waals surface area contributed by atoms with Gasteiger partial charge >= 0.3 is 0 Å². The molecule has 3 heteroatoms. The van der Waals surface area contributed by atoms with Crippen LogP contribution in [0.15, 0.2) is 42.7 Å².